The number of aromatic nitrogens is 1. The van der Waals surface area contributed by atoms with Gasteiger partial charge in [0.25, 0.3) is 0 Å². The molecular formula is C9H12N2O2. The van der Waals surface area contributed by atoms with E-state index in [2.05, 4.69) is 4.98 Å². The summed E-state index contributed by atoms with van der Waals surface area (Å²) in [5, 5.41) is 0. The Hall–Kier alpha value is -0.970. The quantitative estimate of drug-likeness (QED) is 0.682. The summed E-state index contributed by atoms with van der Waals surface area (Å²) in [7, 11) is 0. The second-order valence-corrected chi connectivity index (χ2v) is 3.01. The van der Waals surface area contributed by atoms with E-state index >= 15 is 0 Å². The van der Waals surface area contributed by atoms with Crippen LogP contribution in [-0.2, 0) is 9.47 Å². The summed E-state index contributed by atoms with van der Waals surface area (Å²) in [4.78, 5) is 4.14. The van der Waals surface area contributed by atoms with Gasteiger partial charge in [-0.25, -0.2) is 0 Å². The van der Waals surface area contributed by atoms with Crippen LogP contribution in [0.5, 0.6) is 0 Å². The average Bonchev–Trinajstić information content (AvgIpc) is 2.20. The van der Waals surface area contributed by atoms with Crippen LogP contribution in [0.3, 0.4) is 0 Å². The standard InChI is InChI=1S/C9H12N2O2/c10-7-5-12-9(13-6-7)8-3-1-2-4-11-8/h1-4,7,9H,5-6,10H2. The Balaban J connectivity index is 2.03. The summed E-state index contributed by atoms with van der Waals surface area (Å²) in [6.07, 6.45) is 1.37. The Morgan fingerprint density at radius 3 is 2.69 bits per heavy atom. The van der Waals surface area contributed by atoms with Crippen molar-refractivity contribution in [3.63, 3.8) is 0 Å². The van der Waals surface area contributed by atoms with Crippen molar-refractivity contribution in [3.05, 3.63) is 30.1 Å². The largest absolute Gasteiger partial charge is 0.345 e. The molecule has 1 aliphatic rings. The number of nitrogens with two attached hydrogens (primary N) is 1. The summed E-state index contributed by atoms with van der Waals surface area (Å²) in [5.74, 6) is 0. The van der Waals surface area contributed by atoms with E-state index in [-0.39, 0.29) is 12.3 Å². The predicted molar refractivity (Wildman–Crippen MR) is 46.9 cm³/mol. The first-order valence-corrected chi connectivity index (χ1v) is 4.26. The molecule has 1 aromatic rings. The Morgan fingerprint density at radius 1 is 1.31 bits per heavy atom. The Kier molecular flexibility index (Phi) is 2.54. The first kappa shape index (κ1) is 8.62. The van der Waals surface area contributed by atoms with E-state index in [1.54, 1.807) is 6.20 Å². The zero-order valence-electron chi connectivity index (χ0n) is 7.22. The number of pyridine rings is 1. The molecule has 1 aliphatic heterocycles. The van der Waals surface area contributed by atoms with Crippen molar-refractivity contribution in [2.75, 3.05) is 13.2 Å². The highest BCUT2D eigenvalue weighted by Gasteiger charge is 2.21. The van der Waals surface area contributed by atoms with Crippen molar-refractivity contribution < 1.29 is 9.47 Å². The van der Waals surface area contributed by atoms with Gasteiger partial charge in [-0.3, -0.25) is 4.98 Å². The number of hydrogen-bond donors (Lipinski definition) is 1. The minimum absolute atomic E-state index is 0.0139. The summed E-state index contributed by atoms with van der Waals surface area (Å²) in [6, 6.07) is 5.63. The van der Waals surface area contributed by atoms with Gasteiger partial charge in [-0.2, -0.15) is 0 Å². The average molecular weight is 180 g/mol. The van der Waals surface area contributed by atoms with Crippen LogP contribution >= 0.6 is 0 Å². The van der Waals surface area contributed by atoms with Gasteiger partial charge in [0.15, 0.2) is 0 Å². The first-order chi connectivity index (χ1) is 6.36. The van der Waals surface area contributed by atoms with Crippen molar-refractivity contribution in [1.29, 1.82) is 0 Å². The molecule has 0 amide bonds. The molecule has 2 N–H and O–H groups in total. The van der Waals surface area contributed by atoms with E-state index < -0.39 is 0 Å². The molecule has 1 saturated heterocycles. The topological polar surface area (TPSA) is 57.4 Å². The van der Waals surface area contributed by atoms with Crippen LogP contribution in [0, 0.1) is 0 Å². The molecule has 0 atom stereocenters. The van der Waals surface area contributed by atoms with Crippen LogP contribution < -0.4 is 5.73 Å². The second-order valence-electron chi connectivity index (χ2n) is 3.01. The Morgan fingerprint density at radius 2 is 2.08 bits per heavy atom. The molecule has 0 aliphatic carbocycles. The van der Waals surface area contributed by atoms with Crippen LogP contribution in [0.25, 0.3) is 0 Å². The van der Waals surface area contributed by atoms with Crippen LogP contribution in [-0.4, -0.2) is 24.2 Å². The molecule has 4 nitrogen and oxygen atoms in total. The molecule has 0 aromatic carbocycles. The maximum absolute atomic E-state index is 5.60. The lowest BCUT2D eigenvalue weighted by molar-refractivity contribution is -0.191. The minimum Gasteiger partial charge on any atom is -0.345 e. The van der Waals surface area contributed by atoms with Gasteiger partial charge in [0.1, 0.15) is 0 Å². The number of hydrogen-bond acceptors (Lipinski definition) is 4. The van der Waals surface area contributed by atoms with Crippen LogP contribution in [0.1, 0.15) is 12.0 Å². The van der Waals surface area contributed by atoms with Gasteiger partial charge in [0, 0.05) is 6.20 Å². The van der Waals surface area contributed by atoms with E-state index in [1.807, 2.05) is 18.2 Å². The zero-order chi connectivity index (χ0) is 9.10. The maximum atomic E-state index is 5.60. The van der Waals surface area contributed by atoms with Gasteiger partial charge >= 0.3 is 0 Å². The van der Waals surface area contributed by atoms with Gasteiger partial charge < -0.3 is 15.2 Å². The minimum atomic E-state index is -0.346. The van der Waals surface area contributed by atoms with E-state index in [1.165, 1.54) is 0 Å². The number of nitrogens with zero attached hydrogens (tertiary/aromatic N) is 1. The van der Waals surface area contributed by atoms with E-state index in [4.69, 9.17) is 15.2 Å². The van der Waals surface area contributed by atoms with Crippen molar-refractivity contribution >= 4 is 0 Å². The fraction of sp³-hybridized carbons (Fsp3) is 0.444. The fourth-order valence-corrected chi connectivity index (χ4v) is 1.20. The van der Waals surface area contributed by atoms with Gasteiger partial charge in [-0.05, 0) is 12.1 Å². The highest BCUT2D eigenvalue weighted by molar-refractivity contribution is 5.05. The Bertz CT molecular complexity index is 258. The first-order valence-electron chi connectivity index (χ1n) is 4.26. The molecule has 70 valence electrons. The number of rotatable bonds is 1. The summed E-state index contributed by atoms with van der Waals surface area (Å²) < 4.78 is 10.7. The van der Waals surface area contributed by atoms with Crippen molar-refractivity contribution in [3.8, 4) is 0 Å². The molecule has 0 radical (unpaired) electrons. The highest BCUT2D eigenvalue weighted by Crippen LogP contribution is 2.19. The summed E-state index contributed by atoms with van der Waals surface area (Å²) in [6.45, 7) is 1.06. The molecule has 13 heavy (non-hydrogen) atoms. The lowest BCUT2D eigenvalue weighted by atomic mass is 10.3. The van der Waals surface area contributed by atoms with Crippen LogP contribution in [0.2, 0.25) is 0 Å². The molecule has 2 heterocycles. The molecule has 0 bridgehead atoms. The SMILES string of the molecule is NC1COC(c2ccccn2)OC1. The molecule has 0 saturated carbocycles. The molecule has 0 spiro atoms. The normalized spacial score (nSPS) is 28.7. The molecule has 1 aromatic heterocycles. The molecule has 4 heteroatoms. The molecular weight excluding hydrogens is 168 g/mol. The monoisotopic (exact) mass is 180 g/mol. The lowest BCUT2D eigenvalue weighted by Gasteiger charge is -2.26. The summed E-state index contributed by atoms with van der Waals surface area (Å²) in [5.41, 5.74) is 6.40. The van der Waals surface area contributed by atoms with Crippen molar-refractivity contribution in [1.82, 2.24) is 4.98 Å². The van der Waals surface area contributed by atoms with E-state index in [9.17, 15) is 0 Å². The highest BCUT2D eigenvalue weighted by atomic mass is 16.7. The van der Waals surface area contributed by atoms with Crippen molar-refractivity contribution in [2.24, 2.45) is 5.73 Å². The van der Waals surface area contributed by atoms with Crippen LogP contribution in [0.4, 0.5) is 0 Å². The van der Waals surface area contributed by atoms with Gasteiger partial charge in [-0.15, -0.1) is 0 Å². The smallest absolute Gasteiger partial charge is 0.201 e. The summed E-state index contributed by atoms with van der Waals surface area (Å²) >= 11 is 0. The number of ether oxygens (including phenoxy) is 2. The molecule has 1 fully saturated rings. The van der Waals surface area contributed by atoms with Gasteiger partial charge in [0.05, 0.1) is 24.9 Å². The van der Waals surface area contributed by atoms with E-state index in [0.717, 1.165) is 5.69 Å². The zero-order valence-corrected chi connectivity index (χ0v) is 7.22. The lowest BCUT2D eigenvalue weighted by Crippen LogP contribution is -2.38. The van der Waals surface area contributed by atoms with E-state index in [0.29, 0.717) is 13.2 Å². The molecule has 0 unspecified atom stereocenters. The van der Waals surface area contributed by atoms with Crippen molar-refractivity contribution in [2.45, 2.75) is 12.3 Å². The Labute approximate surface area is 76.7 Å². The third kappa shape index (κ3) is 2.03. The van der Waals surface area contributed by atoms with Gasteiger partial charge in [-0.1, -0.05) is 6.07 Å². The third-order valence-electron chi connectivity index (χ3n) is 1.85. The van der Waals surface area contributed by atoms with Gasteiger partial charge in [0.2, 0.25) is 6.29 Å². The molecule has 2 rings (SSSR count). The third-order valence-corrected chi connectivity index (χ3v) is 1.85. The fourth-order valence-electron chi connectivity index (χ4n) is 1.20. The van der Waals surface area contributed by atoms with Crippen LogP contribution in [0.15, 0.2) is 24.4 Å². The maximum Gasteiger partial charge on any atom is 0.201 e. The second kappa shape index (κ2) is 3.83. The predicted octanol–water partition coefficient (Wildman–Crippen LogP) is 0.454.